The van der Waals surface area contributed by atoms with Crippen molar-refractivity contribution in [2.45, 2.75) is 43.7 Å². The van der Waals surface area contributed by atoms with Crippen molar-refractivity contribution in [1.29, 1.82) is 5.26 Å². The van der Waals surface area contributed by atoms with Crippen molar-refractivity contribution in [2.75, 3.05) is 6.54 Å². The molecule has 0 bridgehead atoms. The standard InChI is InChI=1S/C27H25ClN2O5S/c1-27(2)9-8-21-14-24(6-7-25(21)35-27)36(33,34)30(17-26(31)32)16-19-10-18(15-29)11-22(12-19)20-4-3-5-23(28)13-20/h3-7,10-14H,8-9,16-17H2,1-2H3,(H,31,32). The van der Waals surface area contributed by atoms with E-state index in [2.05, 4.69) is 6.07 Å². The number of nitrogens with zero attached hydrogens (tertiary/aromatic N) is 2. The lowest BCUT2D eigenvalue weighted by Gasteiger charge is -2.33. The molecule has 9 heteroatoms. The highest BCUT2D eigenvalue weighted by Crippen LogP contribution is 2.35. The summed E-state index contributed by atoms with van der Waals surface area (Å²) < 4.78 is 34.0. The van der Waals surface area contributed by atoms with E-state index in [0.717, 1.165) is 21.9 Å². The Morgan fingerprint density at radius 2 is 1.92 bits per heavy atom. The number of aliphatic carboxylic acids is 1. The molecule has 1 heterocycles. The molecule has 1 aliphatic rings. The average molecular weight is 525 g/mol. The second-order valence-corrected chi connectivity index (χ2v) is 11.7. The van der Waals surface area contributed by atoms with Gasteiger partial charge in [-0.25, -0.2) is 8.42 Å². The summed E-state index contributed by atoms with van der Waals surface area (Å²) in [5.74, 6) is -0.656. The lowest BCUT2D eigenvalue weighted by molar-refractivity contribution is -0.137. The van der Waals surface area contributed by atoms with Gasteiger partial charge in [0.05, 0.1) is 16.5 Å². The number of hydrogen-bond acceptors (Lipinski definition) is 5. The maximum atomic E-state index is 13.6. The second-order valence-electron chi connectivity index (χ2n) is 9.34. The molecule has 0 aliphatic carbocycles. The van der Waals surface area contributed by atoms with E-state index in [1.807, 2.05) is 19.9 Å². The molecule has 0 unspecified atom stereocenters. The molecule has 186 valence electrons. The van der Waals surface area contributed by atoms with Gasteiger partial charge in [-0.3, -0.25) is 4.79 Å². The smallest absolute Gasteiger partial charge is 0.318 e. The number of benzene rings is 3. The van der Waals surface area contributed by atoms with Gasteiger partial charge in [0.25, 0.3) is 0 Å². The SMILES string of the molecule is CC1(C)CCc2cc(S(=O)(=O)N(CC(=O)O)Cc3cc(C#N)cc(-c4cccc(Cl)c4)c3)ccc2O1. The van der Waals surface area contributed by atoms with Gasteiger partial charge in [0.2, 0.25) is 10.0 Å². The fourth-order valence-electron chi connectivity index (χ4n) is 4.21. The Kier molecular flexibility index (Phi) is 7.10. The van der Waals surface area contributed by atoms with Crippen LogP contribution < -0.4 is 4.74 Å². The Morgan fingerprint density at radius 3 is 2.61 bits per heavy atom. The molecule has 7 nitrogen and oxygen atoms in total. The Morgan fingerprint density at radius 1 is 1.14 bits per heavy atom. The van der Waals surface area contributed by atoms with E-state index >= 15 is 0 Å². The molecular weight excluding hydrogens is 500 g/mol. The number of rotatable bonds is 7. The topological polar surface area (TPSA) is 108 Å². The van der Waals surface area contributed by atoms with Gasteiger partial charge < -0.3 is 9.84 Å². The van der Waals surface area contributed by atoms with Gasteiger partial charge in [0, 0.05) is 11.6 Å². The van der Waals surface area contributed by atoms with Gasteiger partial charge in [0.1, 0.15) is 17.9 Å². The third kappa shape index (κ3) is 5.71. The van der Waals surface area contributed by atoms with Gasteiger partial charge in [0.15, 0.2) is 0 Å². The molecule has 0 aromatic heterocycles. The Hall–Kier alpha value is -3.38. The Balaban J connectivity index is 1.71. The average Bonchev–Trinajstić information content (AvgIpc) is 2.82. The van der Waals surface area contributed by atoms with Gasteiger partial charge in [-0.2, -0.15) is 9.57 Å². The predicted octanol–water partition coefficient (Wildman–Crippen LogP) is 5.26. The van der Waals surface area contributed by atoms with Crippen LogP contribution in [0.4, 0.5) is 0 Å². The van der Waals surface area contributed by atoms with Crippen molar-refractivity contribution < 1.29 is 23.1 Å². The fraction of sp³-hybridized carbons (Fsp3) is 0.259. The van der Waals surface area contributed by atoms with Crippen LogP contribution in [0, 0.1) is 11.3 Å². The molecule has 3 aromatic rings. The van der Waals surface area contributed by atoms with E-state index in [1.165, 1.54) is 6.07 Å². The predicted molar refractivity (Wildman–Crippen MR) is 136 cm³/mol. The molecule has 1 N–H and O–H groups in total. The molecule has 0 saturated carbocycles. The summed E-state index contributed by atoms with van der Waals surface area (Å²) >= 11 is 6.12. The van der Waals surface area contributed by atoms with E-state index in [0.29, 0.717) is 33.9 Å². The van der Waals surface area contributed by atoms with Gasteiger partial charge >= 0.3 is 5.97 Å². The first-order chi connectivity index (χ1) is 17.0. The normalized spacial score (nSPS) is 14.5. The zero-order valence-corrected chi connectivity index (χ0v) is 21.4. The van der Waals surface area contributed by atoms with Crippen molar-refractivity contribution in [3.05, 3.63) is 82.4 Å². The first-order valence-corrected chi connectivity index (χ1v) is 13.1. The minimum atomic E-state index is -4.17. The summed E-state index contributed by atoms with van der Waals surface area (Å²) in [6, 6.07) is 18.7. The summed E-state index contributed by atoms with van der Waals surface area (Å²) in [6.45, 7) is 2.99. The summed E-state index contributed by atoms with van der Waals surface area (Å²) in [6.07, 6.45) is 1.38. The number of fused-ring (bicyclic) bond motifs is 1. The molecule has 0 radical (unpaired) electrons. The highest BCUT2D eigenvalue weighted by atomic mass is 35.5. The molecule has 0 amide bonds. The number of carbonyl (C=O) groups is 1. The number of ether oxygens (including phenoxy) is 1. The van der Waals surface area contributed by atoms with E-state index in [1.54, 1.807) is 48.5 Å². The monoisotopic (exact) mass is 524 g/mol. The van der Waals surface area contributed by atoms with E-state index in [4.69, 9.17) is 16.3 Å². The van der Waals surface area contributed by atoms with E-state index in [9.17, 15) is 23.6 Å². The number of sulfonamides is 1. The first-order valence-electron chi connectivity index (χ1n) is 11.3. The van der Waals surface area contributed by atoms with E-state index in [-0.39, 0.29) is 17.0 Å². The molecule has 0 fully saturated rings. The highest BCUT2D eigenvalue weighted by molar-refractivity contribution is 7.89. The molecule has 0 saturated heterocycles. The van der Waals surface area contributed by atoms with Gasteiger partial charge in [-0.1, -0.05) is 23.7 Å². The van der Waals surface area contributed by atoms with Crippen LogP contribution in [0.1, 0.15) is 37.0 Å². The summed E-state index contributed by atoms with van der Waals surface area (Å²) in [5.41, 5.74) is 2.66. The number of carboxylic acids is 1. The molecule has 3 aromatic carbocycles. The lowest BCUT2D eigenvalue weighted by atomic mass is 9.94. The maximum absolute atomic E-state index is 13.6. The zero-order valence-electron chi connectivity index (χ0n) is 19.9. The highest BCUT2D eigenvalue weighted by Gasteiger charge is 2.31. The third-order valence-corrected chi connectivity index (χ3v) is 8.03. The van der Waals surface area contributed by atoms with Crippen LogP contribution in [0.15, 0.2) is 65.6 Å². The van der Waals surface area contributed by atoms with E-state index < -0.39 is 22.5 Å². The quantitative estimate of drug-likeness (QED) is 0.452. The Labute approximate surface area is 215 Å². The van der Waals surface area contributed by atoms with Crippen molar-refractivity contribution in [1.82, 2.24) is 4.31 Å². The van der Waals surface area contributed by atoms with Crippen LogP contribution in [0.5, 0.6) is 5.75 Å². The van der Waals surface area contributed by atoms with Crippen LogP contribution in [-0.2, 0) is 27.8 Å². The minimum absolute atomic E-state index is 0.00249. The number of nitriles is 1. The number of carboxylic acid groups (broad SMARTS) is 1. The molecule has 0 spiro atoms. The number of halogens is 1. The van der Waals surface area contributed by atoms with Crippen molar-refractivity contribution >= 4 is 27.6 Å². The minimum Gasteiger partial charge on any atom is -0.488 e. The van der Waals surface area contributed by atoms with Crippen LogP contribution in [-0.4, -0.2) is 35.9 Å². The molecule has 0 atom stereocenters. The number of aryl methyl sites for hydroxylation is 1. The molecule has 4 rings (SSSR count). The first kappa shape index (κ1) is 25.7. The largest absolute Gasteiger partial charge is 0.488 e. The Bertz CT molecular complexity index is 1480. The summed E-state index contributed by atoms with van der Waals surface area (Å²) in [7, 11) is -4.17. The van der Waals surface area contributed by atoms with Gasteiger partial charge in [-0.05, 0) is 97.5 Å². The lowest BCUT2D eigenvalue weighted by Crippen LogP contribution is -2.36. The van der Waals surface area contributed by atoms with Crippen molar-refractivity contribution in [3.63, 3.8) is 0 Å². The van der Waals surface area contributed by atoms with Crippen LogP contribution >= 0.6 is 11.6 Å². The van der Waals surface area contributed by atoms with Crippen molar-refractivity contribution in [2.24, 2.45) is 0 Å². The summed E-state index contributed by atoms with van der Waals surface area (Å²) in [5, 5.41) is 19.6. The molecular formula is C27H25ClN2O5S. The molecule has 1 aliphatic heterocycles. The maximum Gasteiger partial charge on any atom is 0.318 e. The van der Waals surface area contributed by atoms with Crippen LogP contribution in [0.25, 0.3) is 11.1 Å². The van der Waals surface area contributed by atoms with Crippen molar-refractivity contribution in [3.8, 4) is 22.9 Å². The van der Waals surface area contributed by atoms with Crippen LogP contribution in [0.2, 0.25) is 5.02 Å². The number of hydrogen-bond donors (Lipinski definition) is 1. The van der Waals surface area contributed by atoms with Crippen LogP contribution in [0.3, 0.4) is 0 Å². The molecule has 36 heavy (non-hydrogen) atoms. The summed E-state index contributed by atoms with van der Waals surface area (Å²) in [4.78, 5) is 11.6. The third-order valence-electron chi connectivity index (χ3n) is 6.00. The zero-order chi connectivity index (χ0) is 26.1. The fourth-order valence-corrected chi connectivity index (χ4v) is 5.83. The second kappa shape index (κ2) is 9.94. The van der Waals surface area contributed by atoms with Gasteiger partial charge in [-0.15, -0.1) is 0 Å².